The van der Waals surface area contributed by atoms with Crippen LogP contribution in [-0.2, 0) is 11.3 Å². The van der Waals surface area contributed by atoms with Crippen molar-refractivity contribution in [3.63, 3.8) is 0 Å². The summed E-state index contributed by atoms with van der Waals surface area (Å²) in [4.78, 5) is 26.5. The van der Waals surface area contributed by atoms with Gasteiger partial charge in [-0.15, -0.1) is 0 Å². The number of nitrogens with one attached hydrogen (secondary N) is 2. The highest BCUT2D eigenvalue weighted by Gasteiger charge is 2.37. The minimum absolute atomic E-state index is 0.0457. The lowest BCUT2D eigenvalue weighted by Gasteiger charge is -2.38. The fraction of sp³-hybridized carbons (Fsp3) is 0.579. The first-order chi connectivity index (χ1) is 11.8. The van der Waals surface area contributed by atoms with E-state index in [0.29, 0.717) is 32.5 Å². The number of methoxy groups -OCH3 is 1. The highest BCUT2D eigenvalue weighted by Crippen LogP contribution is 2.31. The third-order valence-corrected chi connectivity index (χ3v) is 4.73. The molecule has 0 saturated carbocycles. The number of likely N-dealkylation sites (tertiary alicyclic amines) is 1. The fourth-order valence-corrected chi connectivity index (χ4v) is 2.91. The number of hydrogen-bond donors (Lipinski definition) is 2. The molecule has 0 radical (unpaired) electrons. The molecule has 1 fully saturated rings. The van der Waals surface area contributed by atoms with Crippen molar-refractivity contribution in [2.45, 2.75) is 46.2 Å². The lowest BCUT2D eigenvalue weighted by molar-refractivity contribution is -0.132. The van der Waals surface area contributed by atoms with Gasteiger partial charge in [0, 0.05) is 31.1 Å². The molecule has 0 unspecified atom stereocenters. The van der Waals surface area contributed by atoms with Crippen molar-refractivity contribution in [3.8, 4) is 5.75 Å². The van der Waals surface area contributed by atoms with E-state index in [-0.39, 0.29) is 18.0 Å². The maximum atomic E-state index is 12.6. The molecule has 3 amide bonds. The summed E-state index contributed by atoms with van der Waals surface area (Å²) in [6, 6.07) is 7.73. The first-order valence-corrected chi connectivity index (χ1v) is 8.81. The van der Waals surface area contributed by atoms with Crippen LogP contribution in [0, 0.1) is 5.41 Å². The van der Waals surface area contributed by atoms with E-state index in [1.807, 2.05) is 45.0 Å². The number of piperidine rings is 1. The van der Waals surface area contributed by atoms with E-state index in [9.17, 15) is 9.59 Å². The molecule has 25 heavy (non-hydrogen) atoms. The number of rotatable bonds is 5. The summed E-state index contributed by atoms with van der Waals surface area (Å²) in [7, 11) is 1.63. The Morgan fingerprint density at radius 3 is 2.32 bits per heavy atom. The van der Waals surface area contributed by atoms with Gasteiger partial charge in [0.2, 0.25) is 5.91 Å². The van der Waals surface area contributed by atoms with Gasteiger partial charge in [-0.1, -0.05) is 19.1 Å². The van der Waals surface area contributed by atoms with Gasteiger partial charge in [0.1, 0.15) is 5.75 Å². The summed E-state index contributed by atoms with van der Waals surface area (Å²) in [6.45, 7) is 7.57. The van der Waals surface area contributed by atoms with E-state index in [0.717, 1.165) is 11.3 Å². The third-order valence-electron chi connectivity index (χ3n) is 4.73. The normalized spacial score (nSPS) is 16.4. The molecule has 1 heterocycles. The number of urea groups is 1. The zero-order valence-corrected chi connectivity index (χ0v) is 15.6. The van der Waals surface area contributed by atoms with E-state index < -0.39 is 5.41 Å². The predicted molar refractivity (Wildman–Crippen MR) is 97.4 cm³/mol. The van der Waals surface area contributed by atoms with Crippen LogP contribution in [0.25, 0.3) is 0 Å². The summed E-state index contributed by atoms with van der Waals surface area (Å²) in [5, 5.41) is 5.93. The largest absolute Gasteiger partial charge is 0.497 e. The van der Waals surface area contributed by atoms with Crippen LogP contribution in [0.3, 0.4) is 0 Å². The highest BCUT2D eigenvalue weighted by molar-refractivity contribution is 5.83. The molecule has 0 bridgehead atoms. The van der Waals surface area contributed by atoms with Gasteiger partial charge in [-0.3, -0.25) is 4.79 Å². The number of carbonyl (C=O) groups is 2. The van der Waals surface area contributed by atoms with Gasteiger partial charge in [0.15, 0.2) is 0 Å². The second kappa shape index (κ2) is 8.23. The topological polar surface area (TPSA) is 70.7 Å². The molecule has 0 aromatic heterocycles. The van der Waals surface area contributed by atoms with Crippen molar-refractivity contribution >= 4 is 11.9 Å². The van der Waals surface area contributed by atoms with E-state index in [1.54, 1.807) is 12.0 Å². The van der Waals surface area contributed by atoms with E-state index >= 15 is 0 Å². The van der Waals surface area contributed by atoms with Crippen molar-refractivity contribution in [3.05, 3.63) is 29.8 Å². The van der Waals surface area contributed by atoms with Crippen molar-refractivity contribution in [1.29, 1.82) is 0 Å². The van der Waals surface area contributed by atoms with Gasteiger partial charge < -0.3 is 20.3 Å². The Kier molecular flexibility index (Phi) is 6.28. The van der Waals surface area contributed by atoms with Gasteiger partial charge in [0.05, 0.1) is 7.11 Å². The Morgan fingerprint density at radius 1 is 1.20 bits per heavy atom. The molecular weight excluding hydrogens is 318 g/mol. The van der Waals surface area contributed by atoms with Gasteiger partial charge >= 0.3 is 6.03 Å². The Bertz CT molecular complexity index is 590. The Labute approximate surface area is 149 Å². The Morgan fingerprint density at radius 2 is 1.80 bits per heavy atom. The molecule has 6 heteroatoms. The summed E-state index contributed by atoms with van der Waals surface area (Å²) in [5.74, 6) is 0.848. The van der Waals surface area contributed by atoms with Crippen LogP contribution in [0.15, 0.2) is 24.3 Å². The molecule has 2 N–H and O–H groups in total. The number of benzene rings is 1. The van der Waals surface area contributed by atoms with E-state index in [4.69, 9.17) is 4.74 Å². The quantitative estimate of drug-likeness (QED) is 0.860. The number of carbonyl (C=O) groups excluding carboxylic acids is 2. The zero-order valence-electron chi connectivity index (χ0n) is 15.6. The molecule has 6 nitrogen and oxygen atoms in total. The maximum Gasteiger partial charge on any atom is 0.317 e. The number of amides is 3. The molecular formula is C19H29N3O3. The minimum atomic E-state index is -0.429. The lowest BCUT2D eigenvalue weighted by Crippen LogP contribution is -2.51. The second-order valence-electron chi connectivity index (χ2n) is 7.18. The van der Waals surface area contributed by atoms with Crippen molar-refractivity contribution in [2.75, 3.05) is 20.2 Å². The van der Waals surface area contributed by atoms with Crippen molar-refractivity contribution < 1.29 is 14.3 Å². The number of nitrogens with zero attached hydrogens (tertiary/aromatic N) is 1. The molecule has 1 aliphatic rings. The molecule has 1 aliphatic heterocycles. The van der Waals surface area contributed by atoms with Gasteiger partial charge in [0.25, 0.3) is 0 Å². The van der Waals surface area contributed by atoms with Crippen LogP contribution in [0.5, 0.6) is 5.75 Å². The smallest absolute Gasteiger partial charge is 0.317 e. The second-order valence-corrected chi connectivity index (χ2v) is 7.18. The summed E-state index contributed by atoms with van der Waals surface area (Å²) in [6.07, 6.45) is 1.35. The zero-order chi connectivity index (χ0) is 18.4. The fourth-order valence-electron chi connectivity index (χ4n) is 2.91. The highest BCUT2D eigenvalue weighted by atomic mass is 16.5. The maximum absolute atomic E-state index is 12.6. The molecule has 138 valence electrons. The number of hydrogen-bond acceptors (Lipinski definition) is 3. The predicted octanol–water partition coefficient (Wildman–Crippen LogP) is 2.53. The van der Waals surface area contributed by atoms with Crippen LogP contribution in [-0.4, -0.2) is 43.1 Å². The molecule has 2 rings (SSSR count). The van der Waals surface area contributed by atoms with Crippen molar-refractivity contribution in [2.24, 2.45) is 5.41 Å². The first kappa shape index (κ1) is 19.1. The summed E-state index contributed by atoms with van der Waals surface area (Å²) >= 11 is 0. The monoisotopic (exact) mass is 347 g/mol. The Balaban J connectivity index is 1.84. The number of ether oxygens (including phenoxy) is 1. The SMILES string of the molecule is COc1ccc(CNC(=O)C2(C)CCN(C(=O)NC(C)C)CC2)cc1. The molecule has 0 atom stereocenters. The summed E-state index contributed by atoms with van der Waals surface area (Å²) in [5.41, 5.74) is 0.604. The average Bonchev–Trinajstić information content (AvgIpc) is 2.60. The van der Waals surface area contributed by atoms with Crippen LogP contribution in [0.2, 0.25) is 0 Å². The van der Waals surface area contributed by atoms with Gasteiger partial charge in [-0.05, 0) is 44.4 Å². The molecule has 1 aromatic rings. The van der Waals surface area contributed by atoms with E-state index in [2.05, 4.69) is 10.6 Å². The summed E-state index contributed by atoms with van der Waals surface area (Å²) < 4.78 is 5.13. The molecule has 1 saturated heterocycles. The minimum Gasteiger partial charge on any atom is -0.497 e. The van der Waals surface area contributed by atoms with Gasteiger partial charge in [-0.2, -0.15) is 0 Å². The van der Waals surface area contributed by atoms with Crippen LogP contribution < -0.4 is 15.4 Å². The Hall–Kier alpha value is -2.24. The lowest BCUT2D eigenvalue weighted by atomic mass is 9.79. The molecule has 0 aliphatic carbocycles. The average molecular weight is 347 g/mol. The van der Waals surface area contributed by atoms with Crippen molar-refractivity contribution in [1.82, 2.24) is 15.5 Å². The third kappa shape index (κ3) is 5.11. The standard InChI is InChI=1S/C19H29N3O3/c1-14(2)21-18(24)22-11-9-19(3,10-12-22)17(23)20-13-15-5-7-16(25-4)8-6-15/h5-8,14H,9-13H2,1-4H3,(H,20,23)(H,21,24). The first-order valence-electron chi connectivity index (χ1n) is 8.81. The molecule has 1 aromatic carbocycles. The van der Waals surface area contributed by atoms with Crippen LogP contribution in [0.1, 0.15) is 39.2 Å². The van der Waals surface area contributed by atoms with Crippen LogP contribution >= 0.6 is 0 Å². The van der Waals surface area contributed by atoms with Gasteiger partial charge in [-0.25, -0.2) is 4.79 Å². The molecule has 0 spiro atoms. The van der Waals surface area contributed by atoms with Crippen LogP contribution in [0.4, 0.5) is 4.79 Å². The van der Waals surface area contributed by atoms with E-state index in [1.165, 1.54) is 0 Å².